The zero-order valence-electron chi connectivity index (χ0n) is 12.7. The van der Waals surface area contributed by atoms with Crippen molar-refractivity contribution in [3.8, 4) is 5.75 Å². The molecule has 22 heavy (non-hydrogen) atoms. The van der Waals surface area contributed by atoms with E-state index in [1.54, 1.807) is 39.3 Å². The number of hydrogen-bond acceptors (Lipinski definition) is 4. The van der Waals surface area contributed by atoms with Crippen LogP contribution in [0.5, 0.6) is 5.75 Å². The number of halogens is 2. The van der Waals surface area contributed by atoms with Gasteiger partial charge in [0, 0.05) is 13.7 Å². The van der Waals surface area contributed by atoms with E-state index < -0.39 is 6.61 Å². The normalized spacial score (nSPS) is 11.0. The van der Waals surface area contributed by atoms with Crippen LogP contribution in [-0.4, -0.2) is 38.2 Å². The van der Waals surface area contributed by atoms with E-state index in [1.165, 1.54) is 0 Å². The number of hydrazone groups is 1. The minimum absolute atomic E-state index is 0.192. The van der Waals surface area contributed by atoms with Gasteiger partial charge in [-0.05, 0) is 54.9 Å². The summed E-state index contributed by atoms with van der Waals surface area (Å²) in [6.07, 6.45) is 1.55. The molecule has 0 saturated carbocycles. The van der Waals surface area contributed by atoms with Crippen molar-refractivity contribution in [2.75, 3.05) is 20.3 Å². The van der Waals surface area contributed by atoms with Crippen molar-refractivity contribution in [3.63, 3.8) is 0 Å². The first-order chi connectivity index (χ1) is 10.4. The second-order valence-corrected chi connectivity index (χ2v) is 4.89. The zero-order chi connectivity index (χ0) is 16.5. The Labute approximate surface area is 133 Å². The van der Waals surface area contributed by atoms with Crippen LogP contribution < -0.4 is 15.5 Å². The summed E-state index contributed by atoms with van der Waals surface area (Å²) in [5.74, 6) is 0.192. The number of nitrogens with one attached hydrogen (secondary N) is 2. The highest BCUT2D eigenvalue weighted by molar-refractivity contribution is 7.80. The molecule has 1 rings (SSSR count). The van der Waals surface area contributed by atoms with Gasteiger partial charge in [0.25, 0.3) is 0 Å². The number of benzene rings is 1. The molecule has 1 aromatic rings. The molecule has 2 N–H and O–H groups in total. The number of thiocarbonyl (C=S) groups is 1. The van der Waals surface area contributed by atoms with Crippen LogP contribution in [0.15, 0.2) is 17.2 Å². The summed E-state index contributed by atoms with van der Waals surface area (Å²) in [6, 6.07) is 3.41. The third-order valence-electron chi connectivity index (χ3n) is 2.66. The van der Waals surface area contributed by atoms with Crippen LogP contribution in [0, 0.1) is 13.8 Å². The quantitative estimate of drug-likeness (QED) is 0.348. The van der Waals surface area contributed by atoms with E-state index in [1.807, 2.05) is 0 Å². The lowest BCUT2D eigenvalue weighted by molar-refractivity contribution is -0.0507. The van der Waals surface area contributed by atoms with Gasteiger partial charge in [-0.15, -0.1) is 0 Å². The topological polar surface area (TPSA) is 54.9 Å². The van der Waals surface area contributed by atoms with Crippen molar-refractivity contribution in [3.05, 3.63) is 28.8 Å². The van der Waals surface area contributed by atoms with Crippen molar-refractivity contribution in [2.24, 2.45) is 5.10 Å². The maximum absolute atomic E-state index is 12.3. The summed E-state index contributed by atoms with van der Waals surface area (Å²) >= 11 is 5.01. The predicted octanol–water partition coefficient (Wildman–Crippen LogP) is 2.35. The van der Waals surface area contributed by atoms with Gasteiger partial charge in [0.05, 0.1) is 12.8 Å². The molecule has 0 aromatic heterocycles. The Morgan fingerprint density at radius 1 is 1.36 bits per heavy atom. The number of aryl methyl sites for hydroxylation is 2. The highest BCUT2D eigenvalue weighted by Crippen LogP contribution is 2.25. The average Bonchev–Trinajstić information content (AvgIpc) is 2.43. The Morgan fingerprint density at radius 2 is 2.00 bits per heavy atom. The smallest absolute Gasteiger partial charge is 0.387 e. The van der Waals surface area contributed by atoms with Crippen molar-refractivity contribution >= 4 is 23.5 Å². The SMILES string of the molecule is COCCNC(=S)N/N=C\c1cc(C)c(OC(F)F)c(C)c1. The van der Waals surface area contributed by atoms with Crippen molar-refractivity contribution in [1.29, 1.82) is 0 Å². The number of alkyl halides is 2. The number of rotatable bonds is 7. The summed E-state index contributed by atoms with van der Waals surface area (Å²) in [6.45, 7) is 1.68. The molecule has 0 heterocycles. The molecule has 122 valence electrons. The molecule has 1 aromatic carbocycles. The lowest BCUT2D eigenvalue weighted by Crippen LogP contribution is -2.34. The van der Waals surface area contributed by atoms with Crippen molar-refractivity contribution < 1.29 is 18.3 Å². The zero-order valence-corrected chi connectivity index (χ0v) is 13.5. The van der Waals surface area contributed by atoms with Crippen LogP contribution >= 0.6 is 12.2 Å². The number of ether oxygens (including phenoxy) is 2. The van der Waals surface area contributed by atoms with Crippen LogP contribution in [0.4, 0.5) is 8.78 Å². The Balaban J connectivity index is 2.63. The van der Waals surface area contributed by atoms with Crippen LogP contribution in [0.3, 0.4) is 0 Å². The van der Waals surface area contributed by atoms with Gasteiger partial charge in [0.15, 0.2) is 5.11 Å². The van der Waals surface area contributed by atoms with Gasteiger partial charge in [-0.25, -0.2) is 0 Å². The molecule has 0 radical (unpaired) electrons. The molecule has 0 spiro atoms. The van der Waals surface area contributed by atoms with E-state index in [2.05, 4.69) is 20.6 Å². The standard InChI is InChI=1S/C14H19F2N3O2S/c1-9-6-11(7-10(2)12(9)21-13(15)16)8-18-19-14(22)17-4-5-20-3/h6-8,13H,4-5H2,1-3H3,(H2,17,19,22)/b18-8-. The van der Waals surface area contributed by atoms with E-state index in [0.29, 0.717) is 29.4 Å². The molecule has 0 saturated heterocycles. The van der Waals surface area contributed by atoms with Gasteiger partial charge in [0.1, 0.15) is 5.75 Å². The van der Waals surface area contributed by atoms with Gasteiger partial charge in [0.2, 0.25) is 0 Å². The highest BCUT2D eigenvalue weighted by atomic mass is 32.1. The summed E-state index contributed by atoms with van der Waals surface area (Å²) in [7, 11) is 1.60. The molecule has 5 nitrogen and oxygen atoms in total. The number of methoxy groups -OCH3 is 1. The fraction of sp³-hybridized carbons (Fsp3) is 0.429. The van der Waals surface area contributed by atoms with Gasteiger partial charge in [-0.1, -0.05) is 0 Å². The monoisotopic (exact) mass is 331 g/mol. The van der Waals surface area contributed by atoms with Crippen LogP contribution in [0.25, 0.3) is 0 Å². The summed E-state index contributed by atoms with van der Waals surface area (Å²) < 4.78 is 34.0. The molecule has 0 aliphatic carbocycles. The van der Waals surface area contributed by atoms with Gasteiger partial charge in [-0.3, -0.25) is 5.43 Å². The van der Waals surface area contributed by atoms with Crippen LogP contribution in [-0.2, 0) is 4.74 Å². The molecule has 0 aliphatic heterocycles. The lowest BCUT2D eigenvalue weighted by atomic mass is 10.1. The first-order valence-corrected chi connectivity index (χ1v) is 6.96. The van der Waals surface area contributed by atoms with Gasteiger partial charge >= 0.3 is 6.61 Å². The minimum Gasteiger partial charge on any atom is -0.434 e. The molecule has 0 unspecified atom stereocenters. The van der Waals surface area contributed by atoms with E-state index in [-0.39, 0.29) is 5.75 Å². The molecular weight excluding hydrogens is 312 g/mol. The van der Waals surface area contributed by atoms with Crippen LogP contribution in [0.1, 0.15) is 16.7 Å². The molecule has 0 fully saturated rings. The summed E-state index contributed by atoms with van der Waals surface area (Å²) in [4.78, 5) is 0. The van der Waals surface area contributed by atoms with Crippen molar-refractivity contribution in [2.45, 2.75) is 20.5 Å². The Kier molecular flexibility index (Phi) is 7.69. The molecule has 0 atom stereocenters. The third kappa shape index (κ3) is 6.31. The van der Waals surface area contributed by atoms with E-state index in [4.69, 9.17) is 17.0 Å². The maximum atomic E-state index is 12.3. The molecule has 8 heteroatoms. The second kappa shape index (κ2) is 9.26. The first kappa shape index (κ1) is 18.2. The van der Waals surface area contributed by atoms with E-state index in [9.17, 15) is 8.78 Å². The summed E-state index contributed by atoms with van der Waals surface area (Å²) in [5, 5.41) is 7.26. The molecule has 0 aliphatic rings. The average molecular weight is 331 g/mol. The Bertz CT molecular complexity index is 516. The highest BCUT2D eigenvalue weighted by Gasteiger charge is 2.11. The van der Waals surface area contributed by atoms with E-state index >= 15 is 0 Å². The maximum Gasteiger partial charge on any atom is 0.387 e. The Morgan fingerprint density at radius 3 is 2.55 bits per heavy atom. The third-order valence-corrected chi connectivity index (χ3v) is 2.90. The fourth-order valence-electron chi connectivity index (χ4n) is 1.80. The minimum atomic E-state index is -2.84. The van der Waals surface area contributed by atoms with Gasteiger partial charge < -0.3 is 14.8 Å². The van der Waals surface area contributed by atoms with Crippen LogP contribution in [0.2, 0.25) is 0 Å². The molecule has 0 amide bonds. The molecule has 0 bridgehead atoms. The largest absolute Gasteiger partial charge is 0.434 e. The Hall–Kier alpha value is -1.80. The second-order valence-electron chi connectivity index (χ2n) is 4.48. The number of hydrogen-bond donors (Lipinski definition) is 2. The first-order valence-electron chi connectivity index (χ1n) is 6.56. The van der Waals surface area contributed by atoms with Gasteiger partial charge in [-0.2, -0.15) is 13.9 Å². The lowest BCUT2D eigenvalue weighted by Gasteiger charge is -2.12. The fourth-order valence-corrected chi connectivity index (χ4v) is 1.96. The van der Waals surface area contributed by atoms with Crippen molar-refractivity contribution in [1.82, 2.24) is 10.7 Å². The number of nitrogens with zero attached hydrogens (tertiary/aromatic N) is 1. The predicted molar refractivity (Wildman–Crippen MR) is 85.8 cm³/mol. The summed E-state index contributed by atoms with van der Waals surface area (Å²) in [5.41, 5.74) is 4.64. The van der Waals surface area contributed by atoms with E-state index in [0.717, 1.165) is 5.56 Å². The molecular formula is C14H19F2N3O2S.